The fraction of sp³-hybridized carbons (Fsp3) is 0.588. The van der Waals surface area contributed by atoms with Gasteiger partial charge in [-0.3, -0.25) is 4.79 Å². The van der Waals surface area contributed by atoms with Crippen molar-refractivity contribution in [1.29, 1.82) is 0 Å². The molecule has 1 aromatic heterocycles. The highest BCUT2D eigenvalue weighted by atomic mass is 32.1. The highest BCUT2D eigenvalue weighted by Gasteiger charge is 2.21. The molecule has 1 fully saturated rings. The van der Waals surface area contributed by atoms with Gasteiger partial charge in [-0.2, -0.15) is 5.10 Å². The number of nitrogens with zero attached hydrogens (tertiary/aromatic N) is 2. The van der Waals surface area contributed by atoms with Crippen LogP contribution in [-0.2, 0) is 17.6 Å². The van der Waals surface area contributed by atoms with Gasteiger partial charge in [0.1, 0.15) is 0 Å². The summed E-state index contributed by atoms with van der Waals surface area (Å²) in [6.07, 6.45) is 6.89. The molecule has 0 atom stereocenters. The zero-order chi connectivity index (χ0) is 16.9. The highest BCUT2D eigenvalue weighted by Crippen LogP contribution is 2.28. The lowest BCUT2D eigenvalue weighted by atomic mass is 10.1. The van der Waals surface area contributed by atoms with Gasteiger partial charge in [0, 0.05) is 36.5 Å². The summed E-state index contributed by atoms with van der Waals surface area (Å²) < 4.78 is 4.71. The number of likely N-dealkylation sites (tertiary alicyclic amines) is 1. The zero-order valence-corrected chi connectivity index (χ0v) is 14.8. The van der Waals surface area contributed by atoms with E-state index < -0.39 is 0 Å². The average molecular weight is 349 g/mol. The van der Waals surface area contributed by atoms with Crippen molar-refractivity contribution >= 4 is 29.0 Å². The molecule has 7 heteroatoms. The Morgan fingerprint density at radius 1 is 1.17 bits per heavy atom. The number of hydrogen-bond donors (Lipinski definition) is 1. The third kappa shape index (κ3) is 3.95. The van der Waals surface area contributed by atoms with E-state index in [2.05, 4.69) is 10.5 Å². The lowest BCUT2D eigenvalue weighted by Crippen LogP contribution is -2.39. The number of methoxy groups -OCH3 is 1. The maximum atomic E-state index is 12.3. The van der Waals surface area contributed by atoms with Gasteiger partial charge in [0.15, 0.2) is 0 Å². The smallest absolute Gasteiger partial charge is 0.409 e. The molecule has 1 aliphatic carbocycles. The second kappa shape index (κ2) is 7.79. The third-order valence-electron chi connectivity index (χ3n) is 4.56. The van der Waals surface area contributed by atoms with E-state index >= 15 is 0 Å². The topological polar surface area (TPSA) is 71.0 Å². The summed E-state index contributed by atoms with van der Waals surface area (Å²) in [7, 11) is 1.38. The maximum absolute atomic E-state index is 12.3. The van der Waals surface area contributed by atoms with E-state index in [1.165, 1.54) is 36.8 Å². The lowest BCUT2D eigenvalue weighted by molar-refractivity contribution is 0.0957. The SMILES string of the molecule is COC(=O)N1CCC(=NNC(=O)c2cc3c(s2)CCCCC3)CC1. The Morgan fingerprint density at radius 2 is 1.92 bits per heavy atom. The van der Waals surface area contributed by atoms with Crippen LogP contribution in [0.2, 0.25) is 0 Å². The minimum atomic E-state index is -0.307. The molecule has 1 aliphatic heterocycles. The summed E-state index contributed by atoms with van der Waals surface area (Å²) in [6.45, 7) is 1.16. The molecule has 0 bridgehead atoms. The standard InChI is InChI=1S/C17H23N3O3S/c1-23-17(22)20-9-7-13(8-10-20)18-19-16(21)15-11-12-5-3-2-4-6-14(12)24-15/h11H,2-10H2,1H3,(H,19,21). The summed E-state index contributed by atoms with van der Waals surface area (Å²) in [6, 6.07) is 2.03. The Labute approximate surface area is 145 Å². The van der Waals surface area contributed by atoms with E-state index in [1.54, 1.807) is 16.2 Å². The molecule has 6 nitrogen and oxygen atoms in total. The molecule has 1 aromatic rings. The molecule has 2 aliphatic rings. The first-order chi connectivity index (χ1) is 11.7. The number of carbonyl (C=O) groups excluding carboxylic acids is 2. The summed E-state index contributed by atoms with van der Waals surface area (Å²) in [5, 5.41) is 4.25. The van der Waals surface area contributed by atoms with Crippen molar-refractivity contribution in [2.75, 3.05) is 20.2 Å². The number of aryl methyl sites for hydroxylation is 2. The van der Waals surface area contributed by atoms with Gasteiger partial charge in [0.25, 0.3) is 5.91 Å². The lowest BCUT2D eigenvalue weighted by Gasteiger charge is -2.26. The third-order valence-corrected chi connectivity index (χ3v) is 5.80. The van der Waals surface area contributed by atoms with Crippen molar-refractivity contribution in [2.45, 2.75) is 44.9 Å². The molecule has 130 valence electrons. The molecule has 0 unspecified atom stereocenters. The number of nitrogens with one attached hydrogen (secondary N) is 1. The highest BCUT2D eigenvalue weighted by molar-refractivity contribution is 7.14. The minimum absolute atomic E-state index is 0.129. The van der Waals surface area contributed by atoms with Crippen LogP contribution in [-0.4, -0.2) is 42.8 Å². The minimum Gasteiger partial charge on any atom is -0.453 e. The number of hydrogen-bond acceptors (Lipinski definition) is 5. The molecule has 1 saturated heterocycles. The molecule has 0 aromatic carbocycles. The van der Waals surface area contributed by atoms with Crippen LogP contribution in [0.15, 0.2) is 11.2 Å². The first-order valence-electron chi connectivity index (χ1n) is 8.47. The normalized spacial score (nSPS) is 17.7. The van der Waals surface area contributed by atoms with Crippen LogP contribution in [0.25, 0.3) is 0 Å². The predicted octanol–water partition coefficient (Wildman–Crippen LogP) is 2.97. The largest absolute Gasteiger partial charge is 0.453 e. The molecule has 0 spiro atoms. The summed E-state index contributed by atoms with van der Waals surface area (Å²) in [5.74, 6) is -0.129. The molecule has 2 heterocycles. The number of fused-ring (bicyclic) bond motifs is 1. The van der Waals surface area contributed by atoms with Crippen LogP contribution >= 0.6 is 11.3 Å². The van der Waals surface area contributed by atoms with Crippen molar-refractivity contribution in [3.8, 4) is 0 Å². The quantitative estimate of drug-likeness (QED) is 0.659. The average Bonchev–Trinajstić information content (AvgIpc) is 2.90. The first-order valence-corrected chi connectivity index (χ1v) is 9.29. The zero-order valence-electron chi connectivity index (χ0n) is 14.0. The molecular formula is C17H23N3O3S. The van der Waals surface area contributed by atoms with Crippen molar-refractivity contribution in [3.05, 3.63) is 21.4 Å². The van der Waals surface area contributed by atoms with Gasteiger partial charge >= 0.3 is 6.09 Å². The number of hydrazone groups is 1. The van der Waals surface area contributed by atoms with E-state index in [1.807, 2.05) is 6.07 Å². The van der Waals surface area contributed by atoms with E-state index in [4.69, 9.17) is 4.74 Å². The van der Waals surface area contributed by atoms with Gasteiger partial charge in [0.2, 0.25) is 0 Å². The Bertz CT molecular complexity index is 620. The van der Waals surface area contributed by atoms with E-state index in [0.29, 0.717) is 25.9 Å². The van der Waals surface area contributed by atoms with Gasteiger partial charge in [-0.15, -0.1) is 11.3 Å². The van der Waals surface area contributed by atoms with Crippen LogP contribution < -0.4 is 5.43 Å². The molecule has 0 saturated carbocycles. The molecule has 0 radical (unpaired) electrons. The van der Waals surface area contributed by atoms with Crippen LogP contribution in [0.4, 0.5) is 4.79 Å². The monoisotopic (exact) mass is 349 g/mol. The Morgan fingerprint density at radius 3 is 2.67 bits per heavy atom. The first kappa shape index (κ1) is 17.0. The Balaban J connectivity index is 1.55. The number of piperidine rings is 1. The van der Waals surface area contributed by atoms with Gasteiger partial charge in [0.05, 0.1) is 12.0 Å². The number of ether oxygens (including phenoxy) is 1. The van der Waals surface area contributed by atoms with Crippen molar-refractivity contribution in [2.24, 2.45) is 5.10 Å². The second-order valence-corrected chi connectivity index (χ2v) is 7.33. The summed E-state index contributed by atoms with van der Waals surface area (Å²) in [5.41, 5.74) is 4.93. The number of carbonyl (C=O) groups is 2. The second-order valence-electron chi connectivity index (χ2n) is 6.20. The number of amides is 2. The number of thiophene rings is 1. The van der Waals surface area contributed by atoms with Crippen LogP contribution in [0, 0.1) is 0 Å². The van der Waals surface area contributed by atoms with Crippen molar-refractivity contribution in [3.63, 3.8) is 0 Å². The number of rotatable bonds is 2. The predicted molar refractivity (Wildman–Crippen MR) is 93.7 cm³/mol. The van der Waals surface area contributed by atoms with E-state index in [9.17, 15) is 9.59 Å². The van der Waals surface area contributed by atoms with Crippen LogP contribution in [0.3, 0.4) is 0 Å². The van der Waals surface area contributed by atoms with Crippen LogP contribution in [0.5, 0.6) is 0 Å². The summed E-state index contributed by atoms with van der Waals surface area (Å²) in [4.78, 5) is 27.5. The van der Waals surface area contributed by atoms with Gasteiger partial charge in [-0.25, -0.2) is 10.2 Å². The van der Waals surface area contributed by atoms with Gasteiger partial charge < -0.3 is 9.64 Å². The molecule has 1 N–H and O–H groups in total. The van der Waals surface area contributed by atoms with E-state index in [0.717, 1.165) is 23.4 Å². The van der Waals surface area contributed by atoms with Crippen molar-refractivity contribution < 1.29 is 14.3 Å². The van der Waals surface area contributed by atoms with E-state index in [-0.39, 0.29) is 12.0 Å². The fourth-order valence-corrected chi connectivity index (χ4v) is 4.30. The molecule has 3 rings (SSSR count). The molecule has 2 amide bonds. The van der Waals surface area contributed by atoms with Crippen molar-refractivity contribution in [1.82, 2.24) is 10.3 Å². The van der Waals surface area contributed by atoms with Crippen LogP contribution in [0.1, 0.15) is 52.2 Å². The maximum Gasteiger partial charge on any atom is 0.409 e. The Kier molecular flexibility index (Phi) is 5.50. The molecular weight excluding hydrogens is 326 g/mol. The van der Waals surface area contributed by atoms with Gasteiger partial charge in [-0.05, 0) is 37.3 Å². The summed E-state index contributed by atoms with van der Waals surface area (Å²) >= 11 is 1.60. The Hall–Kier alpha value is -1.89. The van der Waals surface area contributed by atoms with Gasteiger partial charge in [-0.1, -0.05) is 6.42 Å². The molecule has 24 heavy (non-hydrogen) atoms. The fourth-order valence-electron chi connectivity index (χ4n) is 3.15.